The van der Waals surface area contributed by atoms with E-state index in [4.69, 9.17) is 14.2 Å². The van der Waals surface area contributed by atoms with E-state index in [9.17, 15) is 4.79 Å². The molecule has 0 aromatic heterocycles. The normalized spacial score (nSPS) is 10.1. The number of methoxy groups -OCH3 is 2. The molecular formula is C18H21NO4. The fourth-order valence-electron chi connectivity index (χ4n) is 2.19. The van der Waals surface area contributed by atoms with Gasteiger partial charge in [-0.2, -0.15) is 0 Å². The minimum absolute atomic E-state index is 0.0704. The molecule has 2 aromatic rings. The van der Waals surface area contributed by atoms with Gasteiger partial charge in [0.05, 0.1) is 19.9 Å². The molecule has 0 heterocycles. The van der Waals surface area contributed by atoms with Crippen molar-refractivity contribution in [3.8, 4) is 17.2 Å². The van der Waals surface area contributed by atoms with Gasteiger partial charge in [0.1, 0.15) is 17.2 Å². The summed E-state index contributed by atoms with van der Waals surface area (Å²) in [6, 6.07) is 11.0. The molecule has 0 unspecified atom stereocenters. The number of hydrogen-bond donors (Lipinski definition) is 1. The molecule has 122 valence electrons. The smallest absolute Gasteiger partial charge is 0.262 e. The summed E-state index contributed by atoms with van der Waals surface area (Å²) in [5, 5.41) is 2.77. The molecule has 0 radical (unpaired) electrons. The zero-order valence-corrected chi connectivity index (χ0v) is 13.8. The van der Waals surface area contributed by atoms with Crippen molar-refractivity contribution < 1.29 is 19.0 Å². The lowest BCUT2D eigenvalue weighted by Crippen LogP contribution is -2.20. The number of ether oxygens (including phenoxy) is 3. The van der Waals surface area contributed by atoms with Gasteiger partial charge in [0.2, 0.25) is 0 Å². The van der Waals surface area contributed by atoms with E-state index in [1.807, 2.05) is 32.0 Å². The molecular weight excluding hydrogens is 294 g/mol. The third-order valence-electron chi connectivity index (χ3n) is 3.37. The maximum Gasteiger partial charge on any atom is 0.262 e. The van der Waals surface area contributed by atoms with E-state index < -0.39 is 0 Å². The van der Waals surface area contributed by atoms with Crippen LogP contribution in [0, 0.1) is 13.8 Å². The lowest BCUT2D eigenvalue weighted by molar-refractivity contribution is -0.118. The van der Waals surface area contributed by atoms with Crippen LogP contribution in [-0.4, -0.2) is 26.7 Å². The van der Waals surface area contributed by atoms with E-state index in [-0.39, 0.29) is 12.5 Å². The van der Waals surface area contributed by atoms with Crippen molar-refractivity contribution in [1.29, 1.82) is 0 Å². The Kier molecular flexibility index (Phi) is 5.46. The van der Waals surface area contributed by atoms with Crippen molar-refractivity contribution in [3.63, 3.8) is 0 Å². The highest BCUT2D eigenvalue weighted by Crippen LogP contribution is 2.29. The number of carbonyl (C=O) groups excluding carboxylic acids is 1. The first-order chi connectivity index (χ1) is 11.0. The summed E-state index contributed by atoms with van der Waals surface area (Å²) in [6.45, 7) is 3.89. The van der Waals surface area contributed by atoms with Crippen LogP contribution < -0.4 is 19.5 Å². The Bertz CT molecular complexity index is 697. The van der Waals surface area contributed by atoms with Gasteiger partial charge in [-0.15, -0.1) is 0 Å². The fourth-order valence-corrected chi connectivity index (χ4v) is 2.19. The number of anilines is 1. The monoisotopic (exact) mass is 315 g/mol. The van der Waals surface area contributed by atoms with Crippen molar-refractivity contribution in [2.24, 2.45) is 0 Å². The van der Waals surface area contributed by atoms with Gasteiger partial charge < -0.3 is 19.5 Å². The Morgan fingerprint density at radius 2 is 1.78 bits per heavy atom. The molecule has 0 aliphatic heterocycles. The van der Waals surface area contributed by atoms with Crippen molar-refractivity contribution in [2.45, 2.75) is 13.8 Å². The first kappa shape index (κ1) is 16.7. The second kappa shape index (κ2) is 7.54. The highest BCUT2D eigenvalue weighted by atomic mass is 16.5. The predicted octanol–water partition coefficient (Wildman–Crippen LogP) is 3.34. The van der Waals surface area contributed by atoms with E-state index in [0.717, 1.165) is 11.1 Å². The van der Waals surface area contributed by atoms with Gasteiger partial charge in [0.15, 0.2) is 6.61 Å². The summed E-state index contributed by atoms with van der Waals surface area (Å²) in [6.07, 6.45) is 0. The van der Waals surface area contributed by atoms with E-state index >= 15 is 0 Å². The number of rotatable bonds is 6. The van der Waals surface area contributed by atoms with E-state index in [1.54, 1.807) is 25.3 Å². The molecule has 0 saturated carbocycles. The summed E-state index contributed by atoms with van der Waals surface area (Å²) in [5.74, 6) is 1.64. The molecule has 0 spiro atoms. The topological polar surface area (TPSA) is 56.8 Å². The van der Waals surface area contributed by atoms with Gasteiger partial charge in [-0.1, -0.05) is 17.7 Å². The standard InChI is InChI=1S/C18H21NO4/c1-12-5-8-16(13(2)9-12)23-11-18(20)19-15-7-6-14(21-3)10-17(15)22-4/h5-10H,11H2,1-4H3,(H,19,20). The fraction of sp³-hybridized carbons (Fsp3) is 0.278. The first-order valence-electron chi connectivity index (χ1n) is 7.25. The lowest BCUT2D eigenvalue weighted by atomic mass is 10.1. The number of aryl methyl sites for hydroxylation is 2. The number of amides is 1. The maximum atomic E-state index is 12.1. The largest absolute Gasteiger partial charge is 0.497 e. The van der Waals surface area contributed by atoms with E-state index in [0.29, 0.717) is 22.9 Å². The highest BCUT2D eigenvalue weighted by Gasteiger charge is 2.10. The summed E-state index contributed by atoms with van der Waals surface area (Å²) in [4.78, 5) is 12.1. The van der Waals surface area contributed by atoms with Gasteiger partial charge in [0, 0.05) is 6.07 Å². The lowest BCUT2D eigenvalue weighted by Gasteiger charge is -2.13. The molecule has 1 amide bonds. The Balaban J connectivity index is 1.99. The van der Waals surface area contributed by atoms with Crippen molar-refractivity contribution in [1.82, 2.24) is 0 Å². The Morgan fingerprint density at radius 1 is 1.00 bits per heavy atom. The van der Waals surface area contributed by atoms with Gasteiger partial charge in [-0.05, 0) is 37.6 Å². The Labute approximate surface area is 136 Å². The van der Waals surface area contributed by atoms with Gasteiger partial charge >= 0.3 is 0 Å². The average Bonchev–Trinajstić information content (AvgIpc) is 2.54. The van der Waals surface area contributed by atoms with Crippen LogP contribution in [0.4, 0.5) is 5.69 Å². The SMILES string of the molecule is COc1ccc(NC(=O)COc2ccc(C)cc2C)c(OC)c1. The summed E-state index contributed by atoms with van der Waals surface area (Å²) < 4.78 is 15.9. The third kappa shape index (κ3) is 4.39. The van der Waals surface area contributed by atoms with Crippen LogP contribution in [0.3, 0.4) is 0 Å². The predicted molar refractivity (Wildman–Crippen MR) is 89.6 cm³/mol. The zero-order valence-electron chi connectivity index (χ0n) is 13.8. The number of benzene rings is 2. The van der Waals surface area contributed by atoms with Crippen molar-refractivity contribution in [2.75, 3.05) is 26.1 Å². The van der Waals surface area contributed by atoms with Crippen molar-refractivity contribution >= 4 is 11.6 Å². The third-order valence-corrected chi connectivity index (χ3v) is 3.37. The molecule has 0 aliphatic carbocycles. The van der Waals surface area contributed by atoms with Crippen LogP contribution in [0.5, 0.6) is 17.2 Å². The molecule has 0 aliphatic rings. The second-order valence-corrected chi connectivity index (χ2v) is 5.17. The number of carbonyl (C=O) groups is 1. The van der Waals surface area contributed by atoms with Crippen LogP contribution in [0.2, 0.25) is 0 Å². The maximum absolute atomic E-state index is 12.1. The molecule has 23 heavy (non-hydrogen) atoms. The quantitative estimate of drug-likeness (QED) is 0.888. The Morgan fingerprint density at radius 3 is 2.43 bits per heavy atom. The number of nitrogens with one attached hydrogen (secondary N) is 1. The van der Waals surface area contributed by atoms with E-state index in [1.165, 1.54) is 7.11 Å². The minimum Gasteiger partial charge on any atom is -0.497 e. The highest BCUT2D eigenvalue weighted by molar-refractivity contribution is 5.93. The van der Waals surface area contributed by atoms with Crippen LogP contribution >= 0.6 is 0 Å². The van der Waals surface area contributed by atoms with Crippen LogP contribution in [0.25, 0.3) is 0 Å². The summed E-state index contributed by atoms with van der Waals surface area (Å²) >= 11 is 0. The minimum atomic E-state index is -0.256. The van der Waals surface area contributed by atoms with Crippen LogP contribution in [0.15, 0.2) is 36.4 Å². The van der Waals surface area contributed by atoms with Crippen LogP contribution in [0.1, 0.15) is 11.1 Å². The molecule has 0 saturated heterocycles. The summed E-state index contributed by atoms with van der Waals surface area (Å²) in [7, 11) is 3.11. The molecule has 1 N–H and O–H groups in total. The van der Waals surface area contributed by atoms with Gasteiger partial charge in [-0.3, -0.25) is 4.79 Å². The molecule has 0 bridgehead atoms. The molecule has 2 aromatic carbocycles. The molecule has 5 nitrogen and oxygen atoms in total. The average molecular weight is 315 g/mol. The van der Waals surface area contributed by atoms with Crippen LogP contribution in [-0.2, 0) is 4.79 Å². The van der Waals surface area contributed by atoms with Gasteiger partial charge in [-0.25, -0.2) is 0 Å². The second-order valence-electron chi connectivity index (χ2n) is 5.17. The number of hydrogen-bond acceptors (Lipinski definition) is 4. The first-order valence-corrected chi connectivity index (χ1v) is 7.25. The molecule has 2 rings (SSSR count). The van der Waals surface area contributed by atoms with E-state index in [2.05, 4.69) is 5.32 Å². The zero-order chi connectivity index (χ0) is 16.8. The Hall–Kier alpha value is -2.69. The molecule has 0 fully saturated rings. The van der Waals surface area contributed by atoms with Gasteiger partial charge in [0.25, 0.3) is 5.91 Å². The molecule has 0 atom stereocenters. The van der Waals surface area contributed by atoms with Crippen molar-refractivity contribution in [3.05, 3.63) is 47.5 Å². The summed E-state index contributed by atoms with van der Waals surface area (Å²) in [5.41, 5.74) is 2.73. The molecule has 5 heteroatoms.